The molecule has 0 spiro atoms. The van der Waals surface area contributed by atoms with Gasteiger partial charge in [-0.05, 0) is 43.4 Å². The molecule has 28 heavy (non-hydrogen) atoms. The summed E-state index contributed by atoms with van der Waals surface area (Å²) in [7, 11) is 0. The van der Waals surface area contributed by atoms with Gasteiger partial charge in [0.1, 0.15) is 28.6 Å². The van der Waals surface area contributed by atoms with Gasteiger partial charge in [0, 0.05) is 4.88 Å². The Kier molecular flexibility index (Phi) is 4.77. The summed E-state index contributed by atoms with van der Waals surface area (Å²) in [6, 6.07) is 3.81. The van der Waals surface area contributed by atoms with Gasteiger partial charge in [-0.2, -0.15) is 0 Å². The van der Waals surface area contributed by atoms with E-state index in [0.717, 1.165) is 39.8 Å². The van der Waals surface area contributed by atoms with Gasteiger partial charge in [0.25, 0.3) is 0 Å². The van der Waals surface area contributed by atoms with E-state index >= 15 is 0 Å². The van der Waals surface area contributed by atoms with Crippen LogP contribution in [0.3, 0.4) is 0 Å². The van der Waals surface area contributed by atoms with E-state index in [1.54, 1.807) is 35.7 Å². The van der Waals surface area contributed by atoms with Crippen molar-refractivity contribution >= 4 is 39.1 Å². The number of fused-ring (bicyclic) bond motifs is 3. The summed E-state index contributed by atoms with van der Waals surface area (Å²) in [4.78, 5) is 11.9. The van der Waals surface area contributed by atoms with E-state index in [4.69, 9.17) is 15.1 Å². The van der Waals surface area contributed by atoms with Crippen molar-refractivity contribution in [2.24, 2.45) is 0 Å². The summed E-state index contributed by atoms with van der Waals surface area (Å²) >= 11 is 3.34. The third-order valence-electron chi connectivity index (χ3n) is 4.96. The predicted octanol–water partition coefficient (Wildman–Crippen LogP) is 4.07. The highest BCUT2D eigenvalue weighted by Crippen LogP contribution is 2.37. The van der Waals surface area contributed by atoms with Gasteiger partial charge in [0.15, 0.2) is 5.16 Å². The van der Waals surface area contributed by atoms with Gasteiger partial charge >= 0.3 is 0 Å². The number of nitrogens with zero attached hydrogens (tertiary/aromatic N) is 5. The molecule has 0 radical (unpaired) electrons. The van der Waals surface area contributed by atoms with E-state index in [2.05, 4.69) is 15.2 Å². The molecule has 4 aromatic rings. The van der Waals surface area contributed by atoms with Crippen molar-refractivity contribution in [1.82, 2.24) is 24.7 Å². The number of nitrogens with two attached hydrogens (primary N) is 1. The summed E-state index contributed by atoms with van der Waals surface area (Å²) in [6.45, 7) is 0.599. The minimum Gasteiger partial charge on any atom is -0.467 e. The molecule has 1 aliphatic carbocycles. The van der Waals surface area contributed by atoms with Crippen LogP contribution < -0.4 is 5.73 Å². The zero-order chi connectivity index (χ0) is 18.9. The number of anilines is 1. The van der Waals surface area contributed by atoms with Crippen molar-refractivity contribution in [3.05, 3.63) is 46.7 Å². The van der Waals surface area contributed by atoms with Crippen LogP contribution in [-0.2, 0) is 25.1 Å². The second kappa shape index (κ2) is 7.56. The highest BCUT2D eigenvalue weighted by molar-refractivity contribution is 7.98. The fourth-order valence-electron chi connectivity index (χ4n) is 3.64. The SMILES string of the molecule is Nc1nc(CSc2nncn2Cc2ccco2)nc2sc3c(c12)CCCCC3. The Morgan fingerprint density at radius 1 is 1.21 bits per heavy atom. The van der Waals surface area contributed by atoms with Gasteiger partial charge in [0.05, 0.1) is 23.9 Å². The van der Waals surface area contributed by atoms with E-state index in [9.17, 15) is 0 Å². The molecule has 0 amide bonds. The van der Waals surface area contributed by atoms with E-state index < -0.39 is 0 Å². The summed E-state index contributed by atoms with van der Waals surface area (Å²) < 4.78 is 7.37. The summed E-state index contributed by atoms with van der Waals surface area (Å²) in [5.74, 6) is 2.80. The van der Waals surface area contributed by atoms with Crippen LogP contribution in [0.5, 0.6) is 0 Å². The lowest BCUT2D eigenvalue weighted by molar-refractivity contribution is 0.484. The Labute approximate surface area is 170 Å². The van der Waals surface area contributed by atoms with Crippen molar-refractivity contribution in [3.63, 3.8) is 0 Å². The van der Waals surface area contributed by atoms with E-state index in [1.807, 2.05) is 16.7 Å². The number of furan rings is 1. The number of thiophene rings is 1. The Bertz CT molecular complexity index is 1100. The molecule has 2 N–H and O–H groups in total. The second-order valence-electron chi connectivity index (χ2n) is 6.88. The Morgan fingerprint density at radius 3 is 3.04 bits per heavy atom. The second-order valence-corrected chi connectivity index (χ2v) is 8.91. The van der Waals surface area contributed by atoms with Gasteiger partial charge in [-0.15, -0.1) is 21.5 Å². The zero-order valence-electron chi connectivity index (χ0n) is 15.3. The summed E-state index contributed by atoms with van der Waals surface area (Å²) in [5, 5.41) is 10.1. The van der Waals surface area contributed by atoms with Crippen molar-refractivity contribution in [2.75, 3.05) is 5.73 Å². The molecule has 5 rings (SSSR count). The number of thioether (sulfide) groups is 1. The first-order valence-electron chi connectivity index (χ1n) is 9.37. The molecule has 0 aliphatic heterocycles. The van der Waals surface area contributed by atoms with Crippen LogP contribution in [0.15, 0.2) is 34.3 Å². The van der Waals surface area contributed by atoms with Crippen LogP contribution in [-0.4, -0.2) is 24.7 Å². The van der Waals surface area contributed by atoms with Crippen molar-refractivity contribution in [1.29, 1.82) is 0 Å². The lowest BCUT2D eigenvalue weighted by Crippen LogP contribution is -2.02. The fraction of sp³-hybridized carbons (Fsp3) is 0.368. The number of hydrogen-bond acceptors (Lipinski definition) is 8. The number of aromatic nitrogens is 5. The number of nitrogen functional groups attached to an aromatic ring is 1. The molecule has 0 unspecified atom stereocenters. The van der Waals surface area contributed by atoms with Crippen molar-refractivity contribution in [2.45, 2.75) is 49.6 Å². The number of rotatable bonds is 5. The summed E-state index contributed by atoms with van der Waals surface area (Å²) in [5.41, 5.74) is 7.73. The van der Waals surface area contributed by atoms with Gasteiger partial charge in [-0.3, -0.25) is 0 Å². The molecule has 7 nitrogen and oxygen atoms in total. The molecule has 0 atom stereocenters. The topological polar surface area (TPSA) is 95.7 Å². The first kappa shape index (κ1) is 17.7. The molecule has 0 saturated heterocycles. The predicted molar refractivity (Wildman–Crippen MR) is 110 cm³/mol. The molecule has 9 heteroatoms. The minimum absolute atomic E-state index is 0.597. The quantitative estimate of drug-likeness (QED) is 0.390. The van der Waals surface area contributed by atoms with E-state index in [1.165, 1.54) is 29.7 Å². The van der Waals surface area contributed by atoms with Gasteiger partial charge in [0.2, 0.25) is 0 Å². The lowest BCUT2D eigenvalue weighted by atomic mass is 10.1. The standard InChI is InChI=1S/C19H20N6OS2/c20-17-16-13-6-2-1-3-7-14(13)28-18(16)23-15(22-17)10-27-19-24-21-11-25(19)9-12-5-4-8-26-12/h4-5,8,11H,1-3,6-7,9-10H2,(H2,20,22,23). The third-order valence-corrected chi connectivity index (χ3v) is 7.12. The molecule has 0 aromatic carbocycles. The molecule has 0 fully saturated rings. The van der Waals surface area contributed by atoms with E-state index in [-0.39, 0.29) is 0 Å². The number of hydrogen-bond donors (Lipinski definition) is 1. The first-order valence-corrected chi connectivity index (χ1v) is 11.2. The van der Waals surface area contributed by atoms with E-state index in [0.29, 0.717) is 18.1 Å². The largest absolute Gasteiger partial charge is 0.467 e. The minimum atomic E-state index is 0.597. The molecule has 0 bridgehead atoms. The fourth-order valence-corrected chi connectivity index (χ4v) is 5.69. The van der Waals surface area contributed by atoms with Crippen LogP contribution in [0.25, 0.3) is 10.2 Å². The smallest absolute Gasteiger partial charge is 0.191 e. The summed E-state index contributed by atoms with van der Waals surface area (Å²) in [6.07, 6.45) is 9.36. The van der Waals surface area contributed by atoms with Gasteiger partial charge in [-0.1, -0.05) is 18.2 Å². The molecule has 144 valence electrons. The zero-order valence-corrected chi connectivity index (χ0v) is 16.9. The first-order chi connectivity index (χ1) is 13.8. The number of aryl methyl sites for hydroxylation is 2. The highest BCUT2D eigenvalue weighted by Gasteiger charge is 2.19. The Morgan fingerprint density at radius 2 is 2.14 bits per heavy atom. The normalized spacial score (nSPS) is 14.3. The van der Waals surface area contributed by atoms with Crippen LogP contribution in [0.4, 0.5) is 5.82 Å². The Balaban J connectivity index is 1.37. The Hall–Kier alpha value is -2.39. The molecule has 0 saturated carbocycles. The van der Waals surface area contributed by atoms with Gasteiger partial charge in [-0.25, -0.2) is 9.97 Å². The molecule has 4 heterocycles. The monoisotopic (exact) mass is 412 g/mol. The van der Waals surface area contributed by atoms with Crippen LogP contribution >= 0.6 is 23.1 Å². The van der Waals surface area contributed by atoms with Crippen LogP contribution in [0.2, 0.25) is 0 Å². The van der Waals surface area contributed by atoms with Crippen molar-refractivity contribution in [3.8, 4) is 0 Å². The highest BCUT2D eigenvalue weighted by atomic mass is 32.2. The molecule has 1 aliphatic rings. The van der Waals surface area contributed by atoms with Crippen LogP contribution in [0.1, 0.15) is 41.3 Å². The maximum Gasteiger partial charge on any atom is 0.191 e. The maximum absolute atomic E-state index is 6.35. The van der Waals surface area contributed by atoms with Crippen molar-refractivity contribution < 1.29 is 4.42 Å². The lowest BCUT2D eigenvalue weighted by Gasteiger charge is -2.06. The average molecular weight is 413 g/mol. The van der Waals surface area contributed by atoms with Crippen LogP contribution in [0, 0.1) is 0 Å². The third kappa shape index (κ3) is 3.40. The molecular formula is C19H20N6OS2. The average Bonchev–Trinajstić information content (AvgIpc) is 3.39. The maximum atomic E-state index is 6.35. The van der Waals surface area contributed by atoms with Gasteiger partial charge < -0.3 is 14.7 Å². The molecular weight excluding hydrogens is 392 g/mol. The molecule has 4 aromatic heterocycles.